The summed E-state index contributed by atoms with van der Waals surface area (Å²) < 4.78 is 26.2. The number of nitrogens with one attached hydrogen (secondary N) is 2. The Hall–Kier alpha value is -2.06. The summed E-state index contributed by atoms with van der Waals surface area (Å²) in [6, 6.07) is 2.76. The van der Waals surface area contributed by atoms with Crippen LogP contribution < -0.4 is 10.2 Å². The van der Waals surface area contributed by atoms with E-state index in [2.05, 4.69) is 19.7 Å². The SMILES string of the molecule is Cc1nccc(CNS(=O)(=O)c2c[nH]ccc2=O)n1. The van der Waals surface area contributed by atoms with Gasteiger partial charge in [-0.05, 0) is 13.0 Å². The molecule has 2 rings (SSSR count). The van der Waals surface area contributed by atoms with Crippen LogP contribution in [0.15, 0.2) is 40.4 Å². The van der Waals surface area contributed by atoms with Gasteiger partial charge in [0, 0.05) is 24.7 Å². The van der Waals surface area contributed by atoms with Crippen LogP contribution in [0.1, 0.15) is 11.5 Å². The molecule has 0 spiro atoms. The minimum atomic E-state index is -3.86. The molecule has 2 aromatic heterocycles. The lowest BCUT2D eigenvalue weighted by Crippen LogP contribution is -2.28. The van der Waals surface area contributed by atoms with E-state index in [-0.39, 0.29) is 11.4 Å². The third-order valence-electron chi connectivity index (χ3n) is 2.35. The first-order valence-corrected chi connectivity index (χ1v) is 6.93. The second-order valence-corrected chi connectivity index (χ2v) is 5.53. The van der Waals surface area contributed by atoms with Crippen LogP contribution in [0, 0.1) is 6.92 Å². The first kappa shape index (κ1) is 13.4. The maximum absolute atomic E-state index is 11.9. The Morgan fingerprint density at radius 3 is 2.84 bits per heavy atom. The van der Waals surface area contributed by atoms with Gasteiger partial charge in [-0.25, -0.2) is 23.1 Å². The van der Waals surface area contributed by atoms with E-state index in [0.29, 0.717) is 11.5 Å². The number of hydrogen-bond donors (Lipinski definition) is 2. The molecule has 19 heavy (non-hydrogen) atoms. The second kappa shape index (κ2) is 5.29. The van der Waals surface area contributed by atoms with Crippen molar-refractivity contribution in [1.82, 2.24) is 19.7 Å². The molecule has 0 amide bonds. The first-order chi connectivity index (χ1) is 8.99. The molecule has 0 aliphatic rings. The highest BCUT2D eigenvalue weighted by Gasteiger charge is 2.17. The molecule has 0 atom stereocenters. The maximum Gasteiger partial charge on any atom is 0.246 e. The van der Waals surface area contributed by atoms with Gasteiger partial charge in [-0.1, -0.05) is 0 Å². The molecule has 7 nitrogen and oxygen atoms in total. The van der Waals surface area contributed by atoms with Crippen molar-refractivity contribution in [3.05, 3.63) is 52.5 Å². The molecule has 0 radical (unpaired) electrons. The highest BCUT2D eigenvalue weighted by atomic mass is 32.2. The van der Waals surface area contributed by atoms with E-state index in [0.717, 1.165) is 12.3 Å². The van der Waals surface area contributed by atoms with Crippen molar-refractivity contribution in [2.24, 2.45) is 0 Å². The van der Waals surface area contributed by atoms with Gasteiger partial charge in [-0.3, -0.25) is 4.79 Å². The predicted molar refractivity (Wildman–Crippen MR) is 67.9 cm³/mol. The number of sulfonamides is 1. The monoisotopic (exact) mass is 280 g/mol. The number of aromatic amines is 1. The van der Waals surface area contributed by atoms with Crippen molar-refractivity contribution in [2.75, 3.05) is 0 Å². The van der Waals surface area contributed by atoms with Gasteiger partial charge < -0.3 is 4.98 Å². The van der Waals surface area contributed by atoms with E-state index in [1.165, 1.54) is 6.20 Å². The van der Waals surface area contributed by atoms with Gasteiger partial charge in [0.25, 0.3) is 0 Å². The third kappa shape index (κ3) is 3.24. The van der Waals surface area contributed by atoms with Crippen LogP contribution in [0.2, 0.25) is 0 Å². The molecule has 0 aliphatic heterocycles. The van der Waals surface area contributed by atoms with Gasteiger partial charge in [0.1, 0.15) is 10.7 Å². The smallest absolute Gasteiger partial charge is 0.246 e. The molecule has 0 fully saturated rings. The molecule has 8 heteroatoms. The summed E-state index contributed by atoms with van der Waals surface area (Å²) in [5, 5.41) is 0. The normalized spacial score (nSPS) is 11.4. The van der Waals surface area contributed by atoms with Crippen LogP contribution in [0.5, 0.6) is 0 Å². The van der Waals surface area contributed by atoms with Gasteiger partial charge in [-0.2, -0.15) is 0 Å². The van der Waals surface area contributed by atoms with Crippen LogP contribution in [0.3, 0.4) is 0 Å². The zero-order valence-electron chi connectivity index (χ0n) is 10.1. The zero-order chi connectivity index (χ0) is 13.9. The standard InChI is InChI=1S/C11H12N4O3S/c1-8-13-5-2-9(15-8)6-14-19(17,18)11-7-12-4-3-10(11)16/h2-5,7,14H,6H2,1H3,(H,12,16). The molecule has 0 unspecified atom stereocenters. The molecule has 0 bridgehead atoms. The number of nitrogens with zero attached hydrogens (tertiary/aromatic N) is 2. The molecule has 100 valence electrons. The number of aryl methyl sites for hydroxylation is 1. The summed E-state index contributed by atoms with van der Waals surface area (Å²) in [4.78, 5) is 21.7. The van der Waals surface area contributed by atoms with Gasteiger partial charge in [0.2, 0.25) is 15.5 Å². The average Bonchev–Trinajstić information content (AvgIpc) is 2.37. The highest BCUT2D eigenvalue weighted by Crippen LogP contribution is 2.02. The Bertz CT molecular complexity index is 739. The van der Waals surface area contributed by atoms with Crippen LogP contribution in [-0.2, 0) is 16.6 Å². The fraction of sp³-hybridized carbons (Fsp3) is 0.182. The van der Waals surface area contributed by atoms with E-state index in [1.54, 1.807) is 19.2 Å². The second-order valence-electron chi connectivity index (χ2n) is 3.79. The van der Waals surface area contributed by atoms with Crippen molar-refractivity contribution in [2.45, 2.75) is 18.4 Å². The summed E-state index contributed by atoms with van der Waals surface area (Å²) in [5.74, 6) is 0.550. The van der Waals surface area contributed by atoms with Gasteiger partial charge in [-0.15, -0.1) is 0 Å². The molecule has 0 saturated heterocycles. The lowest BCUT2D eigenvalue weighted by atomic mass is 10.4. The Balaban J connectivity index is 2.19. The Labute approximate surface area is 109 Å². The number of H-pyrrole nitrogens is 1. The number of aromatic nitrogens is 3. The molecule has 2 aromatic rings. The van der Waals surface area contributed by atoms with Crippen molar-refractivity contribution in [3.8, 4) is 0 Å². The number of hydrogen-bond acceptors (Lipinski definition) is 5. The predicted octanol–water partition coefficient (Wildman–Crippen LogP) is -0.0482. The lowest BCUT2D eigenvalue weighted by Gasteiger charge is -2.05. The average molecular weight is 280 g/mol. The summed E-state index contributed by atoms with van der Waals surface area (Å²) in [6.45, 7) is 1.71. The van der Waals surface area contributed by atoms with E-state index in [4.69, 9.17) is 0 Å². The summed E-state index contributed by atoms with van der Waals surface area (Å²) in [5.41, 5.74) is -0.0337. The molecule has 0 saturated carbocycles. The van der Waals surface area contributed by atoms with E-state index in [1.807, 2.05) is 0 Å². The molecule has 2 N–H and O–H groups in total. The van der Waals surface area contributed by atoms with Crippen LogP contribution in [0.4, 0.5) is 0 Å². The van der Waals surface area contributed by atoms with Crippen molar-refractivity contribution in [1.29, 1.82) is 0 Å². The van der Waals surface area contributed by atoms with Crippen LogP contribution in [0.25, 0.3) is 0 Å². The van der Waals surface area contributed by atoms with Crippen molar-refractivity contribution < 1.29 is 8.42 Å². The molecular formula is C11H12N4O3S. The van der Waals surface area contributed by atoms with E-state index >= 15 is 0 Å². The molecule has 0 aromatic carbocycles. The number of pyridine rings is 1. The summed E-state index contributed by atoms with van der Waals surface area (Å²) in [7, 11) is -3.86. The Kier molecular flexibility index (Phi) is 3.72. The maximum atomic E-state index is 11.9. The summed E-state index contributed by atoms with van der Waals surface area (Å²) in [6.07, 6.45) is 4.06. The Morgan fingerprint density at radius 2 is 2.16 bits per heavy atom. The van der Waals surface area contributed by atoms with Gasteiger partial charge in [0.05, 0.1) is 12.2 Å². The molecular weight excluding hydrogens is 268 g/mol. The van der Waals surface area contributed by atoms with Crippen LogP contribution >= 0.6 is 0 Å². The lowest BCUT2D eigenvalue weighted by molar-refractivity contribution is 0.579. The number of rotatable bonds is 4. The van der Waals surface area contributed by atoms with Gasteiger partial charge in [0.15, 0.2) is 0 Å². The van der Waals surface area contributed by atoms with Crippen LogP contribution in [-0.4, -0.2) is 23.4 Å². The highest BCUT2D eigenvalue weighted by molar-refractivity contribution is 7.89. The zero-order valence-corrected chi connectivity index (χ0v) is 10.9. The van der Waals surface area contributed by atoms with Crippen molar-refractivity contribution >= 4 is 10.0 Å². The fourth-order valence-corrected chi connectivity index (χ4v) is 2.51. The fourth-order valence-electron chi connectivity index (χ4n) is 1.46. The van der Waals surface area contributed by atoms with Crippen molar-refractivity contribution in [3.63, 3.8) is 0 Å². The minimum Gasteiger partial charge on any atom is -0.366 e. The Morgan fingerprint density at radius 1 is 1.37 bits per heavy atom. The minimum absolute atomic E-state index is 0.0000274. The third-order valence-corrected chi connectivity index (χ3v) is 3.78. The molecule has 2 heterocycles. The topological polar surface area (TPSA) is 105 Å². The summed E-state index contributed by atoms with van der Waals surface area (Å²) >= 11 is 0. The van der Waals surface area contributed by atoms with E-state index in [9.17, 15) is 13.2 Å². The largest absolute Gasteiger partial charge is 0.366 e. The molecule has 0 aliphatic carbocycles. The van der Waals surface area contributed by atoms with Gasteiger partial charge >= 0.3 is 0 Å². The van der Waals surface area contributed by atoms with E-state index < -0.39 is 15.5 Å². The quantitative estimate of drug-likeness (QED) is 0.817. The first-order valence-electron chi connectivity index (χ1n) is 5.44.